The van der Waals surface area contributed by atoms with Gasteiger partial charge in [0, 0.05) is 44.2 Å². The molecule has 1 heterocycles. The Bertz CT molecular complexity index is 621. The molecular formula is C15H21FN2O3S. The van der Waals surface area contributed by atoms with Crippen LogP contribution in [0.5, 0.6) is 0 Å². The summed E-state index contributed by atoms with van der Waals surface area (Å²) in [5.74, 6) is -1.13. The van der Waals surface area contributed by atoms with Crippen LogP contribution < -0.4 is 4.90 Å². The maximum absolute atomic E-state index is 12.7. The number of para-hydroxylation sites is 1. The number of amides is 1. The minimum absolute atomic E-state index is 0.0760. The average molecular weight is 328 g/mol. The largest absolute Gasteiger partial charge is 0.370 e. The van der Waals surface area contributed by atoms with E-state index in [0.29, 0.717) is 13.1 Å². The number of likely N-dealkylation sites (N-methyl/N-ethyl adjacent to an activating group) is 1. The van der Waals surface area contributed by atoms with Crippen molar-refractivity contribution in [3.05, 3.63) is 30.3 Å². The standard InChI is InChI=1S/C15H21FN2O3S/c1-12(17(2)14-6-4-3-5-7-14)9-18-10-13(8-15(18)19)11-22(16,20)21/h3-7,12-13H,8-11H2,1-2H3. The molecule has 0 aromatic heterocycles. The number of anilines is 1. The Morgan fingerprint density at radius 2 is 2.00 bits per heavy atom. The number of hydrogen-bond donors (Lipinski definition) is 0. The summed E-state index contributed by atoms with van der Waals surface area (Å²) >= 11 is 0. The van der Waals surface area contributed by atoms with Crippen LogP contribution in [0.2, 0.25) is 0 Å². The summed E-state index contributed by atoms with van der Waals surface area (Å²) in [6.07, 6.45) is 0.102. The van der Waals surface area contributed by atoms with Crippen molar-refractivity contribution in [2.75, 3.05) is 30.8 Å². The molecule has 2 rings (SSSR count). The van der Waals surface area contributed by atoms with Crippen LogP contribution in [0.1, 0.15) is 13.3 Å². The highest BCUT2D eigenvalue weighted by Crippen LogP contribution is 2.22. The number of hydrogen-bond acceptors (Lipinski definition) is 4. The van der Waals surface area contributed by atoms with Crippen LogP contribution in [-0.4, -0.2) is 51.2 Å². The SMILES string of the molecule is CC(CN1CC(CS(=O)(=O)F)CC1=O)N(C)c1ccccc1. The van der Waals surface area contributed by atoms with Gasteiger partial charge < -0.3 is 9.80 Å². The lowest BCUT2D eigenvalue weighted by Gasteiger charge is -2.30. The molecule has 1 aliphatic heterocycles. The fraction of sp³-hybridized carbons (Fsp3) is 0.533. The van der Waals surface area contributed by atoms with Gasteiger partial charge in [0.15, 0.2) is 0 Å². The van der Waals surface area contributed by atoms with Gasteiger partial charge in [-0.15, -0.1) is 3.89 Å². The predicted octanol–water partition coefficient (Wildman–Crippen LogP) is 1.66. The van der Waals surface area contributed by atoms with Gasteiger partial charge in [0.1, 0.15) is 0 Å². The van der Waals surface area contributed by atoms with Gasteiger partial charge in [-0.1, -0.05) is 18.2 Å². The lowest BCUT2D eigenvalue weighted by molar-refractivity contribution is -0.127. The first kappa shape index (κ1) is 16.7. The third-order valence-corrected chi connectivity index (χ3v) is 4.91. The molecule has 0 saturated carbocycles. The van der Waals surface area contributed by atoms with Crippen LogP contribution in [0.4, 0.5) is 9.57 Å². The molecular weight excluding hydrogens is 307 g/mol. The Labute approximate surface area is 130 Å². The quantitative estimate of drug-likeness (QED) is 0.745. The summed E-state index contributed by atoms with van der Waals surface area (Å²) < 4.78 is 34.2. The maximum atomic E-state index is 12.7. The first-order valence-electron chi connectivity index (χ1n) is 7.24. The summed E-state index contributed by atoms with van der Waals surface area (Å²) in [6, 6.07) is 9.88. The van der Waals surface area contributed by atoms with Gasteiger partial charge in [-0.05, 0) is 19.1 Å². The van der Waals surface area contributed by atoms with E-state index in [1.807, 2.05) is 44.3 Å². The third kappa shape index (κ3) is 4.43. The molecule has 5 nitrogen and oxygen atoms in total. The molecule has 1 aliphatic rings. The van der Waals surface area contributed by atoms with Crippen LogP contribution in [0, 0.1) is 5.92 Å². The molecule has 1 fully saturated rings. The smallest absolute Gasteiger partial charge is 0.302 e. The summed E-state index contributed by atoms with van der Waals surface area (Å²) in [5.41, 5.74) is 1.05. The molecule has 0 aliphatic carbocycles. The number of likely N-dealkylation sites (tertiary alicyclic amines) is 1. The maximum Gasteiger partial charge on any atom is 0.302 e. The van der Waals surface area contributed by atoms with Crippen LogP contribution in [-0.2, 0) is 15.0 Å². The van der Waals surface area contributed by atoms with Crippen molar-refractivity contribution in [3.63, 3.8) is 0 Å². The first-order chi connectivity index (χ1) is 10.3. The van der Waals surface area contributed by atoms with Crippen molar-refractivity contribution in [3.8, 4) is 0 Å². The highest BCUT2D eigenvalue weighted by Gasteiger charge is 2.33. The zero-order valence-electron chi connectivity index (χ0n) is 12.8. The van der Waals surface area contributed by atoms with Gasteiger partial charge in [-0.3, -0.25) is 4.79 Å². The molecule has 1 aromatic rings. The summed E-state index contributed by atoms with van der Waals surface area (Å²) in [4.78, 5) is 15.6. The second-order valence-corrected chi connectivity index (χ2v) is 7.28. The van der Waals surface area contributed by atoms with Gasteiger partial charge in [0.2, 0.25) is 5.91 Å². The summed E-state index contributed by atoms with van der Waals surface area (Å²) in [5, 5.41) is 0. The fourth-order valence-electron chi connectivity index (χ4n) is 2.78. The van der Waals surface area contributed by atoms with Crippen LogP contribution >= 0.6 is 0 Å². The topological polar surface area (TPSA) is 57.7 Å². The third-order valence-electron chi connectivity index (χ3n) is 4.04. The first-order valence-corrected chi connectivity index (χ1v) is 8.79. The van der Waals surface area contributed by atoms with E-state index < -0.39 is 21.9 Å². The average Bonchev–Trinajstić information content (AvgIpc) is 2.76. The minimum atomic E-state index is -4.53. The number of nitrogens with zero attached hydrogens (tertiary/aromatic N) is 2. The lowest BCUT2D eigenvalue weighted by atomic mass is 10.1. The Hall–Kier alpha value is -1.63. The zero-order valence-corrected chi connectivity index (χ0v) is 13.6. The molecule has 122 valence electrons. The molecule has 1 amide bonds. The van der Waals surface area contributed by atoms with Gasteiger partial charge in [-0.25, -0.2) is 0 Å². The Kier molecular flexibility index (Phi) is 5.05. The number of halogens is 1. The molecule has 0 radical (unpaired) electrons. The molecule has 22 heavy (non-hydrogen) atoms. The van der Waals surface area contributed by atoms with Gasteiger partial charge in [0.25, 0.3) is 0 Å². The van der Waals surface area contributed by atoms with Crippen molar-refractivity contribution >= 4 is 21.8 Å². The highest BCUT2D eigenvalue weighted by atomic mass is 32.3. The Balaban J connectivity index is 1.94. The summed E-state index contributed by atoms with van der Waals surface area (Å²) in [7, 11) is -2.58. The van der Waals surface area contributed by atoms with E-state index >= 15 is 0 Å². The molecule has 2 atom stereocenters. The van der Waals surface area contributed by atoms with Crippen molar-refractivity contribution < 1.29 is 17.1 Å². The van der Waals surface area contributed by atoms with Crippen molar-refractivity contribution in [2.45, 2.75) is 19.4 Å². The second kappa shape index (κ2) is 6.64. The van der Waals surface area contributed by atoms with Gasteiger partial charge in [0.05, 0.1) is 5.75 Å². The predicted molar refractivity (Wildman–Crippen MR) is 83.9 cm³/mol. The molecule has 0 spiro atoms. The van der Waals surface area contributed by atoms with Crippen molar-refractivity contribution in [1.82, 2.24) is 4.90 Å². The van der Waals surface area contributed by atoms with Crippen LogP contribution in [0.15, 0.2) is 30.3 Å². The lowest BCUT2D eigenvalue weighted by Crippen LogP contribution is -2.41. The number of carbonyl (C=O) groups excluding carboxylic acids is 1. The van der Waals surface area contributed by atoms with E-state index in [0.717, 1.165) is 5.69 Å². The minimum Gasteiger partial charge on any atom is -0.370 e. The van der Waals surface area contributed by atoms with E-state index in [-0.39, 0.29) is 18.4 Å². The number of carbonyl (C=O) groups is 1. The van der Waals surface area contributed by atoms with Crippen LogP contribution in [0.3, 0.4) is 0 Å². The van der Waals surface area contributed by atoms with E-state index in [2.05, 4.69) is 4.90 Å². The molecule has 1 aromatic carbocycles. The van der Waals surface area contributed by atoms with Gasteiger partial charge in [-0.2, -0.15) is 8.42 Å². The molecule has 1 saturated heterocycles. The number of benzene rings is 1. The van der Waals surface area contributed by atoms with E-state index in [1.165, 1.54) is 0 Å². The zero-order chi connectivity index (χ0) is 16.3. The molecule has 7 heteroatoms. The van der Waals surface area contributed by atoms with Gasteiger partial charge >= 0.3 is 10.2 Å². The van der Waals surface area contributed by atoms with Crippen molar-refractivity contribution in [2.24, 2.45) is 5.92 Å². The fourth-order valence-corrected chi connectivity index (χ4v) is 3.57. The van der Waals surface area contributed by atoms with Crippen molar-refractivity contribution in [1.29, 1.82) is 0 Å². The normalized spacial score (nSPS) is 20.2. The monoisotopic (exact) mass is 328 g/mol. The molecule has 0 N–H and O–H groups in total. The van der Waals surface area contributed by atoms with E-state index in [9.17, 15) is 17.1 Å². The Morgan fingerprint density at radius 3 is 2.59 bits per heavy atom. The van der Waals surface area contributed by atoms with E-state index in [4.69, 9.17) is 0 Å². The molecule has 2 unspecified atom stereocenters. The van der Waals surface area contributed by atoms with Crippen LogP contribution in [0.25, 0.3) is 0 Å². The summed E-state index contributed by atoms with van der Waals surface area (Å²) in [6.45, 7) is 2.79. The Morgan fingerprint density at radius 1 is 1.36 bits per heavy atom. The molecule has 0 bridgehead atoms. The highest BCUT2D eigenvalue weighted by molar-refractivity contribution is 7.86. The number of rotatable bonds is 6. The second-order valence-electron chi connectivity index (χ2n) is 5.87. The van der Waals surface area contributed by atoms with E-state index in [1.54, 1.807) is 4.90 Å².